The predicted octanol–water partition coefficient (Wildman–Crippen LogP) is 3.63. The second-order valence-electron chi connectivity index (χ2n) is 6.57. The van der Waals surface area contributed by atoms with E-state index in [9.17, 15) is 18.0 Å². The van der Waals surface area contributed by atoms with Gasteiger partial charge < -0.3 is 10.6 Å². The van der Waals surface area contributed by atoms with Crippen LogP contribution >= 0.6 is 0 Å². The monoisotopic (exact) mass is 362 g/mol. The van der Waals surface area contributed by atoms with Crippen LogP contribution in [-0.4, -0.2) is 30.1 Å². The predicted molar refractivity (Wildman–Crippen MR) is 92.0 cm³/mol. The first-order valence-electron chi connectivity index (χ1n) is 8.37. The number of halogens is 3. The number of fused-ring (bicyclic) bond motifs is 4. The minimum Gasteiger partial charge on any atom is -0.366 e. The van der Waals surface area contributed by atoms with Crippen LogP contribution in [0.2, 0.25) is 0 Å². The number of amides is 2. The van der Waals surface area contributed by atoms with Crippen molar-refractivity contribution in [3.8, 4) is 11.3 Å². The number of nitrogens with zero attached hydrogens (tertiary/aromatic N) is 3. The molecule has 136 valence electrons. The molecule has 1 unspecified atom stereocenters. The fourth-order valence-corrected chi connectivity index (χ4v) is 3.72. The van der Waals surface area contributed by atoms with Gasteiger partial charge in [-0.3, -0.25) is 4.90 Å². The number of benzene rings is 1. The Morgan fingerprint density at radius 3 is 2.77 bits per heavy atom. The molecule has 3 heterocycles. The molecule has 2 amide bonds. The van der Waals surface area contributed by atoms with Crippen LogP contribution in [0.15, 0.2) is 36.4 Å². The summed E-state index contributed by atoms with van der Waals surface area (Å²) in [5.41, 5.74) is 6.34. The molecule has 1 aromatic carbocycles. The Kier molecular flexibility index (Phi) is 3.78. The second kappa shape index (κ2) is 5.89. The Labute approximate surface area is 148 Å². The molecule has 1 saturated heterocycles. The van der Waals surface area contributed by atoms with Crippen LogP contribution in [0.3, 0.4) is 0 Å². The molecule has 2 aliphatic heterocycles. The smallest absolute Gasteiger partial charge is 0.366 e. The van der Waals surface area contributed by atoms with Gasteiger partial charge in [0.05, 0.1) is 23.0 Å². The molecule has 5 nitrogen and oxygen atoms in total. The van der Waals surface area contributed by atoms with Gasteiger partial charge in [-0.05, 0) is 37.1 Å². The van der Waals surface area contributed by atoms with E-state index in [-0.39, 0.29) is 6.04 Å². The van der Waals surface area contributed by atoms with Gasteiger partial charge in [0.1, 0.15) is 0 Å². The highest BCUT2D eigenvalue weighted by atomic mass is 19.4. The Morgan fingerprint density at radius 1 is 1.23 bits per heavy atom. The molecule has 0 saturated carbocycles. The van der Waals surface area contributed by atoms with Crippen molar-refractivity contribution in [1.29, 1.82) is 0 Å². The van der Waals surface area contributed by atoms with E-state index in [1.54, 1.807) is 18.2 Å². The zero-order valence-electron chi connectivity index (χ0n) is 13.8. The molecule has 26 heavy (non-hydrogen) atoms. The van der Waals surface area contributed by atoms with Crippen LogP contribution in [-0.2, 0) is 6.18 Å². The third-order valence-electron chi connectivity index (χ3n) is 4.91. The van der Waals surface area contributed by atoms with Gasteiger partial charge in [-0.2, -0.15) is 13.2 Å². The lowest BCUT2D eigenvalue weighted by Gasteiger charge is -2.45. The highest BCUT2D eigenvalue weighted by Crippen LogP contribution is 2.39. The molecule has 2 bridgehead atoms. The highest BCUT2D eigenvalue weighted by molar-refractivity contribution is 5.95. The first-order chi connectivity index (χ1) is 12.3. The molecular formula is C18H17F3N4O. The van der Waals surface area contributed by atoms with E-state index < -0.39 is 17.8 Å². The molecular weight excluding hydrogens is 345 g/mol. The van der Waals surface area contributed by atoms with Crippen LogP contribution in [0.5, 0.6) is 0 Å². The van der Waals surface area contributed by atoms with Crippen molar-refractivity contribution in [1.82, 2.24) is 4.98 Å². The quantitative estimate of drug-likeness (QED) is 0.843. The van der Waals surface area contributed by atoms with E-state index in [0.717, 1.165) is 37.2 Å². The van der Waals surface area contributed by atoms with Crippen molar-refractivity contribution in [2.45, 2.75) is 25.1 Å². The zero-order chi connectivity index (χ0) is 18.5. The maximum absolute atomic E-state index is 13.0. The summed E-state index contributed by atoms with van der Waals surface area (Å²) < 4.78 is 39.0. The van der Waals surface area contributed by atoms with E-state index >= 15 is 0 Å². The summed E-state index contributed by atoms with van der Waals surface area (Å²) in [6, 6.07) is 7.84. The average molecular weight is 362 g/mol. The van der Waals surface area contributed by atoms with E-state index in [2.05, 4.69) is 9.88 Å². The van der Waals surface area contributed by atoms with E-state index in [4.69, 9.17) is 5.73 Å². The minimum absolute atomic E-state index is 0.0574. The van der Waals surface area contributed by atoms with Gasteiger partial charge in [-0.25, -0.2) is 9.78 Å². The third kappa shape index (κ3) is 2.75. The van der Waals surface area contributed by atoms with Crippen LogP contribution in [0.4, 0.5) is 29.5 Å². The molecule has 2 aromatic rings. The molecule has 2 N–H and O–H groups in total. The number of alkyl halides is 3. The number of primary amides is 1. The Hall–Kier alpha value is -2.77. The van der Waals surface area contributed by atoms with Gasteiger partial charge in [0.2, 0.25) is 0 Å². The number of rotatable bonds is 1. The molecule has 0 spiro atoms. The summed E-state index contributed by atoms with van der Waals surface area (Å²) in [5, 5.41) is 0. The molecule has 1 atom stereocenters. The SMILES string of the molecule is NC(=O)N1c2nc(-c3cccc(C(F)(F)F)c3)ccc2N2CCCC1C2. The maximum Gasteiger partial charge on any atom is 0.416 e. The number of nitrogens with two attached hydrogens (primary N) is 1. The number of anilines is 2. The maximum atomic E-state index is 13.0. The van der Waals surface area contributed by atoms with Crippen molar-refractivity contribution in [2.24, 2.45) is 5.73 Å². The first kappa shape index (κ1) is 16.7. The summed E-state index contributed by atoms with van der Waals surface area (Å²) in [7, 11) is 0. The van der Waals surface area contributed by atoms with Crippen LogP contribution in [0, 0.1) is 0 Å². The fraction of sp³-hybridized carbons (Fsp3) is 0.333. The molecule has 8 heteroatoms. The molecule has 1 aromatic heterocycles. The van der Waals surface area contributed by atoms with Crippen molar-refractivity contribution in [3.63, 3.8) is 0 Å². The van der Waals surface area contributed by atoms with Gasteiger partial charge in [0.25, 0.3) is 0 Å². The fourth-order valence-electron chi connectivity index (χ4n) is 3.72. The number of carbonyl (C=O) groups is 1. The van der Waals surface area contributed by atoms with Crippen molar-refractivity contribution in [3.05, 3.63) is 42.0 Å². The van der Waals surface area contributed by atoms with Gasteiger partial charge in [0.15, 0.2) is 5.82 Å². The standard InChI is InChI=1S/C18H17F3N4O/c19-18(20,21)12-4-1-3-11(9-12)14-6-7-15-16(23-14)25(17(22)26)13-5-2-8-24(15)10-13/h1,3-4,6-7,9,13H,2,5,8,10H2,(H2,22,26). The number of carbonyl (C=O) groups excluding carboxylic acids is 1. The first-order valence-corrected chi connectivity index (χ1v) is 8.37. The number of pyridine rings is 1. The number of hydrogen-bond donors (Lipinski definition) is 1. The Balaban J connectivity index is 1.81. The summed E-state index contributed by atoms with van der Waals surface area (Å²) in [4.78, 5) is 20.1. The summed E-state index contributed by atoms with van der Waals surface area (Å²) in [5.74, 6) is 0.420. The number of urea groups is 1. The van der Waals surface area contributed by atoms with Gasteiger partial charge in [-0.1, -0.05) is 12.1 Å². The largest absolute Gasteiger partial charge is 0.416 e. The van der Waals surface area contributed by atoms with E-state index in [1.165, 1.54) is 11.0 Å². The molecule has 1 fully saturated rings. The van der Waals surface area contributed by atoms with E-state index in [1.807, 2.05) is 0 Å². The minimum atomic E-state index is -4.42. The van der Waals surface area contributed by atoms with E-state index in [0.29, 0.717) is 23.6 Å². The summed E-state index contributed by atoms with van der Waals surface area (Å²) >= 11 is 0. The topological polar surface area (TPSA) is 62.5 Å². The van der Waals surface area contributed by atoms with Crippen molar-refractivity contribution >= 4 is 17.5 Å². The van der Waals surface area contributed by atoms with Gasteiger partial charge in [-0.15, -0.1) is 0 Å². The second-order valence-corrected chi connectivity index (χ2v) is 6.57. The van der Waals surface area contributed by atoms with Crippen LogP contribution in [0.25, 0.3) is 11.3 Å². The highest BCUT2D eigenvalue weighted by Gasteiger charge is 2.37. The Morgan fingerprint density at radius 2 is 2.04 bits per heavy atom. The van der Waals surface area contributed by atoms with Gasteiger partial charge in [0, 0.05) is 18.7 Å². The lowest BCUT2D eigenvalue weighted by atomic mass is 9.99. The molecule has 4 rings (SSSR count). The van der Waals surface area contributed by atoms with Crippen molar-refractivity contribution in [2.75, 3.05) is 22.9 Å². The van der Waals surface area contributed by atoms with Crippen molar-refractivity contribution < 1.29 is 18.0 Å². The normalized spacial score (nSPS) is 19.3. The lowest BCUT2D eigenvalue weighted by Crippen LogP contribution is -2.56. The summed E-state index contributed by atoms with van der Waals surface area (Å²) in [6.45, 7) is 1.56. The molecule has 0 radical (unpaired) electrons. The number of hydrogen-bond acceptors (Lipinski definition) is 3. The number of aromatic nitrogens is 1. The summed E-state index contributed by atoms with van der Waals surface area (Å²) in [6.07, 6.45) is -2.65. The van der Waals surface area contributed by atoms with Gasteiger partial charge >= 0.3 is 12.2 Å². The van der Waals surface area contributed by atoms with Crippen LogP contribution < -0.4 is 15.5 Å². The third-order valence-corrected chi connectivity index (χ3v) is 4.91. The average Bonchev–Trinajstić information content (AvgIpc) is 2.61. The molecule has 2 aliphatic rings. The van der Waals surface area contributed by atoms with Crippen LogP contribution in [0.1, 0.15) is 18.4 Å². The number of piperidine rings is 1. The molecule has 0 aliphatic carbocycles. The lowest BCUT2D eigenvalue weighted by molar-refractivity contribution is -0.137. The zero-order valence-corrected chi connectivity index (χ0v) is 13.8. The Bertz CT molecular complexity index is 868.